The molecule has 0 radical (unpaired) electrons. The normalized spacial score (nSPS) is 10.6. The molecule has 3 rings (SSSR count). The first-order valence-corrected chi connectivity index (χ1v) is 11.6. The molecule has 0 atom stereocenters. The second kappa shape index (κ2) is 11.6. The van der Waals surface area contributed by atoms with E-state index >= 15 is 0 Å². The Bertz CT molecular complexity index is 1130. The fourth-order valence-corrected chi connectivity index (χ4v) is 3.84. The Balaban J connectivity index is 1.90. The SMILES string of the molecule is CC(C)NC(=O)N(Cc1ccccc1)Cc1cc(NC(=O)c2ccccc2Cl)ccc1N(C)C. The summed E-state index contributed by atoms with van der Waals surface area (Å²) in [6.07, 6.45) is 0. The first-order chi connectivity index (χ1) is 16.2. The van der Waals surface area contributed by atoms with Crippen molar-refractivity contribution in [3.8, 4) is 0 Å². The van der Waals surface area contributed by atoms with Gasteiger partial charge in [0.05, 0.1) is 10.6 Å². The van der Waals surface area contributed by atoms with E-state index in [0.717, 1.165) is 16.8 Å². The van der Waals surface area contributed by atoms with Crippen molar-refractivity contribution in [3.05, 3.63) is 94.5 Å². The summed E-state index contributed by atoms with van der Waals surface area (Å²) in [6.45, 7) is 4.71. The first kappa shape index (κ1) is 25.1. The summed E-state index contributed by atoms with van der Waals surface area (Å²) in [7, 11) is 3.91. The van der Waals surface area contributed by atoms with E-state index in [9.17, 15) is 9.59 Å². The molecular weight excluding hydrogens is 448 g/mol. The highest BCUT2D eigenvalue weighted by Gasteiger charge is 2.19. The topological polar surface area (TPSA) is 64.7 Å². The summed E-state index contributed by atoms with van der Waals surface area (Å²) in [5.74, 6) is -0.284. The van der Waals surface area contributed by atoms with Gasteiger partial charge in [-0.2, -0.15) is 0 Å². The number of halogens is 1. The maximum Gasteiger partial charge on any atom is 0.318 e. The van der Waals surface area contributed by atoms with Crippen molar-refractivity contribution in [2.75, 3.05) is 24.3 Å². The van der Waals surface area contributed by atoms with Crippen LogP contribution in [0.25, 0.3) is 0 Å². The average Bonchev–Trinajstić information content (AvgIpc) is 2.79. The number of nitrogens with zero attached hydrogens (tertiary/aromatic N) is 2. The van der Waals surface area contributed by atoms with Gasteiger partial charge in [-0.25, -0.2) is 4.79 Å². The number of benzene rings is 3. The second-order valence-corrected chi connectivity index (χ2v) is 9.02. The van der Waals surface area contributed by atoms with E-state index in [1.54, 1.807) is 29.2 Å². The highest BCUT2D eigenvalue weighted by molar-refractivity contribution is 6.34. The van der Waals surface area contributed by atoms with E-state index in [2.05, 4.69) is 10.6 Å². The van der Waals surface area contributed by atoms with E-state index in [4.69, 9.17) is 11.6 Å². The molecule has 6 nitrogen and oxygen atoms in total. The third kappa shape index (κ3) is 6.75. The molecule has 3 amide bonds. The lowest BCUT2D eigenvalue weighted by atomic mass is 10.1. The van der Waals surface area contributed by atoms with Gasteiger partial charge in [-0.1, -0.05) is 54.1 Å². The molecule has 0 aliphatic rings. The monoisotopic (exact) mass is 478 g/mol. The second-order valence-electron chi connectivity index (χ2n) is 8.62. The maximum absolute atomic E-state index is 13.0. The number of urea groups is 1. The molecule has 3 aromatic rings. The zero-order chi connectivity index (χ0) is 24.7. The van der Waals surface area contributed by atoms with Crippen molar-refractivity contribution < 1.29 is 9.59 Å². The van der Waals surface area contributed by atoms with E-state index < -0.39 is 0 Å². The van der Waals surface area contributed by atoms with E-state index in [-0.39, 0.29) is 18.0 Å². The van der Waals surface area contributed by atoms with Crippen molar-refractivity contribution >= 4 is 34.9 Å². The molecule has 0 heterocycles. The Kier molecular flexibility index (Phi) is 8.55. The van der Waals surface area contributed by atoms with Crippen molar-refractivity contribution in [1.29, 1.82) is 0 Å². The zero-order valence-corrected chi connectivity index (χ0v) is 20.8. The van der Waals surface area contributed by atoms with Gasteiger partial charge in [0.2, 0.25) is 0 Å². The summed E-state index contributed by atoms with van der Waals surface area (Å²) in [4.78, 5) is 29.6. The van der Waals surface area contributed by atoms with E-state index in [1.165, 1.54) is 0 Å². The molecule has 7 heteroatoms. The minimum Gasteiger partial charge on any atom is -0.377 e. The van der Waals surface area contributed by atoms with Crippen LogP contribution in [-0.2, 0) is 13.1 Å². The predicted molar refractivity (Wildman–Crippen MR) is 140 cm³/mol. The Morgan fingerprint density at radius 3 is 2.24 bits per heavy atom. The quantitative estimate of drug-likeness (QED) is 0.431. The van der Waals surface area contributed by atoms with Gasteiger partial charge in [0.15, 0.2) is 0 Å². The third-order valence-electron chi connectivity index (χ3n) is 5.21. The molecule has 0 saturated heterocycles. The Labute approximate surface area is 206 Å². The molecule has 0 fully saturated rings. The largest absolute Gasteiger partial charge is 0.377 e. The summed E-state index contributed by atoms with van der Waals surface area (Å²) in [5, 5.41) is 6.32. The average molecular weight is 479 g/mol. The van der Waals surface area contributed by atoms with Crippen LogP contribution >= 0.6 is 11.6 Å². The molecule has 2 N–H and O–H groups in total. The van der Waals surface area contributed by atoms with Gasteiger partial charge in [-0.05, 0) is 55.3 Å². The molecule has 0 saturated carbocycles. The Morgan fingerprint density at radius 2 is 1.59 bits per heavy atom. The summed E-state index contributed by atoms with van der Waals surface area (Å²) in [5.41, 5.74) is 3.96. The Hall–Kier alpha value is -3.51. The zero-order valence-electron chi connectivity index (χ0n) is 20.0. The molecule has 0 aliphatic heterocycles. The number of hydrogen-bond acceptors (Lipinski definition) is 3. The van der Waals surface area contributed by atoms with Gasteiger partial charge in [0, 0.05) is 44.6 Å². The van der Waals surface area contributed by atoms with Gasteiger partial charge in [0.25, 0.3) is 5.91 Å². The van der Waals surface area contributed by atoms with Gasteiger partial charge < -0.3 is 20.4 Å². The molecule has 0 aromatic heterocycles. The highest BCUT2D eigenvalue weighted by Crippen LogP contribution is 2.26. The fraction of sp³-hybridized carbons (Fsp3) is 0.259. The summed E-state index contributed by atoms with van der Waals surface area (Å²) in [6, 6.07) is 22.4. The van der Waals surface area contributed by atoms with Crippen LogP contribution < -0.4 is 15.5 Å². The van der Waals surface area contributed by atoms with E-state index in [1.807, 2.05) is 81.4 Å². The molecule has 0 aliphatic carbocycles. The number of nitrogens with one attached hydrogen (secondary N) is 2. The number of amides is 3. The first-order valence-electron chi connectivity index (χ1n) is 11.2. The third-order valence-corrected chi connectivity index (χ3v) is 5.54. The number of carbonyl (C=O) groups excluding carboxylic acids is 2. The van der Waals surface area contributed by atoms with Crippen LogP contribution in [0, 0.1) is 0 Å². The van der Waals surface area contributed by atoms with Crippen LogP contribution in [0.5, 0.6) is 0 Å². The summed E-state index contributed by atoms with van der Waals surface area (Å²) >= 11 is 6.19. The number of carbonyl (C=O) groups is 2. The predicted octanol–water partition coefficient (Wildman–Crippen LogP) is 5.78. The highest BCUT2D eigenvalue weighted by atomic mass is 35.5. The number of anilines is 2. The fourth-order valence-electron chi connectivity index (χ4n) is 3.62. The van der Waals surface area contributed by atoms with Crippen LogP contribution in [-0.4, -0.2) is 37.0 Å². The Morgan fingerprint density at radius 1 is 0.912 bits per heavy atom. The molecule has 0 bridgehead atoms. The maximum atomic E-state index is 13.0. The van der Waals surface area contributed by atoms with Crippen LogP contribution in [0.15, 0.2) is 72.8 Å². The molecule has 34 heavy (non-hydrogen) atoms. The summed E-state index contributed by atoms with van der Waals surface area (Å²) < 4.78 is 0. The van der Waals surface area contributed by atoms with E-state index in [0.29, 0.717) is 29.4 Å². The van der Waals surface area contributed by atoms with Gasteiger partial charge >= 0.3 is 6.03 Å². The smallest absolute Gasteiger partial charge is 0.318 e. The van der Waals surface area contributed by atoms with Crippen molar-refractivity contribution in [3.63, 3.8) is 0 Å². The van der Waals surface area contributed by atoms with Crippen LogP contribution in [0.1, 0.15) is 35.3 Å². The minimum atomic E-state index is -0.284. The standard InChI is InChI=1S/C27H31ClN4O2/c1-19(2)29-27(34)32(17-20-10-6-5-7-11-20)18-21-16-22(14-15-25(21)31(3)4)30-26(33)23-12-8-9-13-24(23)28/h5-16,19H,17-18H2,1-4H3,(H,29,34)(H,30,33). The molecule has 0 spiro atoms. The number of hydrogen-bond donors (Lipinski definition) is 2. The van der Waals surface area contributed by atoms with Crippen LogP contribution in [0.4, 0.5) is 16.2 Å². The van der Waals surface area contributed by atoms with Crippen molar-refractivity contribution in [1.82, 2.24) is 10.2 Å². The van der Waals surface area contributed by atoms with Gasteiger partial charge in [-0.15, -0.1) is 0 Å². The van der Waals surface area contributed by atoms with Crippen molar-refractivity contribution in [2.24, 2.45) is 0 Å². The lowest BCUT2D eigenvalue weighted by Crippen LogP contribution is -2.42. The minimum absolute atomic E-state index is 0.0142. The van der Waals surface area contributed by atoms with Gasteiger partial charge in [0.1, 0.15) is 0 Å². The molecule has 178 valence electrons. The lowest BCUT2D eigenvalue weighted by molar-refractivity contribution is 0.102. The number of rotatable bonds is 8. The van der Waals surface area contributed by atoms with Crippen LogP contribution in [0.3, 0.4) is 0 Å². The lowest BCUT2D eigenvalue weighted by Gasteiger charge is -2.27. The van der Waals surface area contributed by atoms with Gasteiger partial charge in [-0.3, -0.25) is 4.79 Å². The molecule has 3 aromatic carbocycles. The molecular formula is C27H31ClN4O2. The molecule has 0 unspecified atom stereocenters. The van der Waals surface area contributed by atoms with Crippen LogP contribution in [0.2, 0.25) is 5.02 Å². The van der Waals surface area contributed by atoms with Crippen molar-refractivity contribution in [2.45, 2.75) is 33.0 Å².